The molecule has 1 amide bonds. The van der Waals surface area contributed by atoms with Gasteiger partial charge in [-0.2, -0.15) is 0 Å². The van der Waals surface area contributed by atoms with Crippen molar-refractivity contribution < 1.29 is 9.53 Å². The van der Waals surface area contributed by atoms with Crippen molar-refractivity contribution in [1.82, 2.24) is 9.88 Å². The van der Waals surface area contributed by atoms with Crippen LogP contribution in [0.3, 0.4) is 0 Å². The van der Waals surface area contributed by atoms with Crippen LogP contribution in [0.1, 0.15) is 24.4 Å². The Bertz CT molecular complexity index is 451. The molecule has 5 heteroatoms. The van der Waals surface area contributed by atoms with Gasteiger partial charge in [-0.3, -0.25) is 9.78 Å². The zero-order chi connectivity index (χ0) is 13.2. The molecule has 3 rings (SSSR count). The number of nitrogens with two attached hydrogens (primary N) is 1. The highest BCUT2D eigenvalue weighted by Crippen LogP contribution is 2.33. The number of aromatic nitrogens is 1. The number of likely N-dealkylation sites (tertiary alicyclic amines) is 1. The normalized spacial score (nSPS) is 30.8. The van der Waals surface area contributed by atoms with Crippen molar-refractivity contribution in [2.24, 2.45) is 11.7 Å². The summed E-state index contributed by atoms with van der Waals surface area (Å²) in [5.41, 5.74) is 7.06. The van der Waals surface area contributed by atoms with Crippen molar-refractivity contribution in [3.63, 3.8) is 0 Å². The molecule has 0 spiro atoms. The van der Waals surface area contributed by atoms with Gasteiger partial charge in [0.15, 0.2) is 0 Å². The van der Waals surface area contributed by atoms with E-state index in [1.165, 1.54) is 0 Å². The Morgan fingerprint density at radius 2 is 2.37 bits per heavy atom. The van der Waals surface area contributed by atoms with Gasteiger partial charge in [-0.15, -0.1) is 0 Å². The number of amides is 1. The lowest BCUT2D eigenvalue weighted by atomic mass is 10.0. The highest BCUT2D eigenvalue weighted by atomic mass is 16.5. The number of rotatable bonds is 2. The summed E-state index contributed by atoms with van der Waals surface area (Å²) < 4.78 is 5.31. The van der Waals surface area contributed by atoms with Crippen molar-refractivity contribution in [3.05, 3.63) is 30.1 Å². The third kappa shape index (κ3) is 2.35. The highest BCUT2D eigenvalue weighted by Gasteiger charge is 2.39. The molecule has 0 saturated carbocycles. The maximum atomic E-state index is 12.6. The van der Waals surface area contributed by atoms with Gasteiger partial charge in [-0.05, 0) is 24.5 Å². The van der Waals surface area contributed by atoms with Crippen LogP contribution in [-0.2, 0) is 9.53 Å². The molecule has 0 bridgehead atoms. The molecule has 3 atom stereocenters. The van der Waals surface area contributed by atoms with Gasteiger partial charge < -0.3 is 15.4 Å². The topological polar surface area (TPSA) is 68.5 Å². The zero-order valence-corrected chi connectivity index (χ0v) is 10.9. The third-order valence-corrected chi connectivity index (χ3v) is 4.05. The molecule has 1 aromatic heterocycles. The lowest BCUT2D eigenvalue weighted by molar-refractivity contribution is -0.136. The number of carbonyl (C=O) groups excluding carboxylic acids is 1. The molecule has 19 heavy (non-hydrogen) atoms. The summed E-state index contributed by atoms with van der Waals surface area (Å²) >= 11 is 0. The van der Waals surface area contributed by atoms with E-state index in [0.29, 0.717) is 13.2 Å². The molecule has 2 aliphatic rings. The number of ether oxygens (including phenoxy) is 1. The second-order valence-electron chi connectivity index (χ2n) is 5.28. The van der Waals surface area contributed by atoms with Crippen molar-refractivity contribution in [2.75, 3.05) is 19.8 Å². The van der Waals surface area contributed by atoms with E-state index in [4.69, 9.17) is 10.5 Å². The van der Waals surface area contributed by atoms with Crippen molar-refractivity contribution in [1.29, 1.82) is 0 Å². The van der Waals surface area contributed by atoms with E-state index in [-0.39, 0.29) is 23.9 Å². The summed E-state index contributed by atoms with van der Waals surface area (Å²) in [5.74, 6) is -0.0476. The lowest BCUT2D eigenvalue weighted by Crippen LogP contribution is -2.43. The second kappa shape index (κ2) is 5.27. The molecule has 102 valence electrons. The molecule has 0 aliphatic carbocycles. The molecule has 0 aromatic carbocycles. The van der Waals surface area contributed by atoms with Crippen LogP contribution in [0.5, 0.6) is 0 Å². The number of pyridine rings is 1. The van der Waals surface area contributed by atoms with Gasteiger partial charge >= 0.3 is 0 Å². The van der Waals surface area contributed by atoms with Gasteiger partial charge in [0.05, 0.1) is 25.2 Å². The Hall–Kier alpha value is -1.46. The summed E-state index contributed by atoms with van der Waals surface area (Å²) in [6.45, 7) is 1.75. The molecule has 1 aromatic rings. The molecule has 2 saturated heterocycles. The van der Waals surface area contributed by atoms with E-state index >= 15 is 0 Å². The minimum atomic E-state index is -0.183. The highest BCUT2D eigenvalue weighted by molar-refractivity contribution is 5.80. The van der Waals surface area contributed by atoms with E-state index in [1.807, 2.05) is 23.2 Å². The summed E-state index contributed by atoms with van der Waals surface area (Å²) in [6, 6.07) is 3.94. The maximum absolute atomic E-state index is 12.6. The van der Waals surface area contributed by atoms with Gasteiger partial charge in [-0.1, -0.05) is 6.07 Å². The summed E-state index contributed by atoms with van der Waals surface area (Å²) in [4.78, 5) is 18.7. The standard InChI is InChI=1S/C14H19N3O2/c15-12-9-19-8-11(12)14(18)17-6-2-4-13(17)10-3-1-5-16-7-10/h1,3,5,7,11-13H,2,4,6,8-9,15H2. The first kappa shape index (κ1) is 12.6. The average molecular weight is 261 g/mol. The monoisotopic (exact) mass is 261 g/mol. The second-order valence-corrected chi connectivity index (χ2v) is 5.28. The van der Waals surface area contributed by atoms with Crippen LogP contribution >= 0.6 is 0 Å². The van der Waals surface area contributed by atoms with E-state index in [9.17, 15) is 4.79 Å². The van der Waals surface area contributed by atoms with Crippen LogP contribution in [0.4, 0.5) is 0 Å². The van der Waals surface area contributed by atoms with E-state index in [1.54, 1.807) is 6.20 Å². The van der Waals surface area contributed by atoms with Gasteiger partial charge in [0, 0.05) is 25.0 Å². The summed E-state index contributed by atoms with van der Waals surface area (Å²) in [5, 5.41) is 0. The van der Waals surface area contributed by atoms with Crippen LogP contribution in [0.2, 0.25) is 0 Å². The van der Waals surface area contributed by atoms with Gasteiger partial charge in [0.2, 0.25) is 5.91 Å². The summed E-state index contributed by atoms with van der Waals surface area (Å²) in [7, 11) is 0. The van der Waals surface area contributed by atoms with Crippen LogP contribution < -0.4 is 5.73 Å². The Morgan fingerprint density at radius 1 is 1.47 bits per heavy atom. The van der Waals surface area contributed by atoms with E-state index in [2.05, 4.69) is 4.98 Å². The Labute approximate surface area is 112 Å². The molecule has 0 radical (unpaired) electrons. The molecule has 3 unspecified atom stereocenters. The molecule has 3 heterocycles. The fraction of sp³-hybridized carbons (Fsp3) is 0.571. The SMILES string of the molecule is NC1COCC1C(=O)N1CCCC1c1cccnc1. The molecule has 5 nitrogen and oxygen atoms in total. The van der Waals surface area contributed by atoms with Crippen LogP contribution in [-0.4, -0.2) is 41.6 Å². The quantitative estimate of drug-likeness (QED) is 0.851. The van der Waals surface area contributed by atoms with Crippen LogP contribution in [0, 0.1) is 5.92 Å². The maximum Gasteiger partial charge on any atom is 0.230 e. The predicted octanol–water partition coefficient (Wildman–Crippen LogP) is 0.719. The number of hydrogen-bond donors (Lipinski definition) is 1. The fourth-order valence-electron chi connectivity index (χ4n) is 2.99. The smallest absolute Gasteiger partial charge is 0.230 e. The average Bonchev–Trinajstić information content (AvgIpc) is 3.07. The third-order valence-electron chi connectivity index (χ3n) is 4.05. The Kier molecular flexibility index (Phi) is 3.48. The number of carbonyl (C=O) groups is 1. The van der Waals surface area contributed by atoms with E-state index < -0.39 is 0 Å². The van der Waals surface area contributed by atoms with Gasteiger partial charge in [-0.25, -0.2) is 0 Å². The minimum Gasteiger partial charge on any atom is -0.379 e. The Balaban J connectivity index is 1.78. The number of nitrogens with zero attached hydrogens (tertiary/aromatic N) is 2. The first-order chi connectivity index (χ1) is 9.27. The molecule has 2 fully saturated rings. The van der Waals surface area contributed by atoms with Crippen LogP contribution in [0.15, 0.2) is 24.5 Å². The molecule has 2 N–H and O–H groups in total. The summed E-state index contributed by atoms with van der Waals surface area (Å²) in [6.07, 6.45) is 5.64. The molecular weight excluding hydrogens is 242 g/mol. The Morgan fingerprint density at radius 3 is 3.05 bits per heavy atom. The minimum absolute atomic E-state index is 0.136. The first-order valence-corrected chi connectivity index (χ1v) is 6.81. The van der Waals surface area contributed by atoms with Crippen molar-refractivity contribution in [2.45, 2.75) is 24.9 Å². The number of hydrogen-bond acceptors (Lipinski definition) is 4. The molecular formula is C14H19N3O2. The first-order valence-electron chi connectivity index (χ1n) is 6.81. The van der Waals surface area contributed by atoms with E-state index in [0.717, 1.165) is 24.9 Å². The lowest BCUT2D eigenvalue weighted by Gasteiger charge is -2.28. The largest absolute Gasteiger partial charge is 0.379 e. The van der Waals surface area contributed by atoms with Crippen molar-refractivity contribution in [3.8, 4) is 0 Å². The molecule has 2 aliphatic heterocycles. The van der Waals surface area contributed by atoms with Gasteiger partial charge in [0.25, 0.3) is 0 Å². The van der Waals surface area contributed by atoms with Crippen molar-refractivity contribution >= 4 is 5.91 Å². The zero-order valence-electron chi connectivity index (χ0n) is 10.9. The van der Waals surface area contributed by atoms with Crippen LogP contribution in [0.25, 0.3) is 0 Å². The fourth-order valence-corrected chi connectivity index (χ4v) is 2.99. The predicted molar refractivity (Wildman–Crippen MR) is 70.2 cm³/mol. The van der Waals surface area contributed by atoms with Gasteiger partial charge in [0.1, 0.15) is 0 Å².